The van der Waals surface area contributed by atoms with Crippen molar-refractivity contribution in [3.05, 3.63) is 11.7 Å². The molecule has 1 heterocycles. The molecule has 0 spiro atoms. The standard InChI is InChI=1S/C13H23N3O/c1-10(14-2)9-12-15-13(17-16-12)8-7-11-5-3-4-6-11/h10-11,14H,3-9H2,1-2H3. The van der Waals surface area contributed by atoms with Gasteiger partial charge in [-0.2, -0.15) is 4.98 Å². The van der Waals surface area contributed by atoms with Gasteiger partial charge in [-0.15, -0.1) is 0 Å². The van der Waals surface area contributed by atoms with E-state index in [0.717, 1.165) is 30.5 Å². The molecule has 1 saturated carbocycles. The number of hydrogen-bond donors (Lipinski definition) is 1. The third-order valence-electron chi connectivity index (χ3n) is 3.73. The van der Waals surface area contributed by atoms with Gasteiger partial charge in [0.15, 0.2) is 5.82 Å². The van der Waals surface area contributed by atoms with Gasteiger partial charge in [-0.1, -0.05) is 30.8 Å². The molecule has 1 fully saturated rings. The third-order valence-corrected chi connectivity index (χ3v) is 3.73. The van der Waals surface area contributed by atoms with Crippen molar-refractivity contribution >= 4 is 0 Å². The molecule has 2 rings (SSSR count). The molecular formula is C13H23N3O. The van der Waals surface area contributed by atoms with Crippen LogP contribution >= 0.6 is 0 Å². The summed E-state index contributed by atoms with van der Waals surface area (Å²) in [6.45, 7) is 2.12. The largest absolute Gasteiger partial charge is 0.339 e. The second-order valence-electron chi connectivity index (χ2n) is 5.19. The fourth-order valence-electron chi connectivity index (χ4n) is 2.48. The van der Waals surface area contributed by atoms with E-state index in [1.165, 1.54) is 32.1 Å². The van der Waals surface area contributed by atoms with Crippen LogP contribution in [0.25, 0.3) is 0 Å². The lowest BCUT2D eigenvalue weighted by Crippen LogP contribution is -2.24. The summed E-state index contributed by atoms with van der Waals surface area (Å²) in [7, 11) is 1.95. The van der Waals surface area contributed by atoms with Crippen molar-refractivity contribution < 1.29 is 4.52 Å². The summed E-state index contributed by atoms with van der Waals surface area (Å²) in [4.78, 5) is 4.44. The first-order valence-corrected chi connectivity index (χ1v) is 6.76. The molecule has 17 heavy (non-hydrogen) atoms. The smallest absolute Gasteiger partial charge is 0.226 e. The summed E-state index contributed by atoms with van der Waals surface area (Å²) in [5.41, 5.74) is 0. The maximum Gasteiger partial charge on any atom is 0.226 e. The molecular weight excluding hydrogens is 214 g/mol. The van der Waals surface area contributed by atoms with Crippen LogP contribution in [0, 0.1) is 5.92 Å². The second kappa shape index (κ2) is 6.15. The van der Waals surface area contributed by atoms with Crippen molar-refractivity contribution in [1.82, 2.24) is 15.5 Å². The highest BCUT2D eigenvalue weighted by Crippen LogP contribution is 2.28. The van der Waals surface area contributed by atoms with Crippen molar-refractivity contribution in [2.75, 3.05) is 7.05 Å². The van der Waals surface area contributed by atoms with E-state index in [1.54, 1.807) is 0 Å². The highest BCUT2D eigenvalue weighted by Gasteiger charge is 2.16. The summed E-state index contributed by atoms with van der Waals surface area (Å²) in [5, 5.41) is 7.20. The van der Waals surface area contributed by atoms with Gasteiger partial charge in [-0.05, 0) is 26.3 Å². The Labute approximate surface area is 103 Å². The quantitative estimate of drug-likeness (QED) is 0.825. The van der Waals surface area contributed by atoms with Gasteiger partial charge in [0.1, 0.15) is 0 Å². The molecule has 0 aliphatic heterocycles. The van der Waals surface area contributed by atoms with E-state index < -0.39 is 0 Å². The number of hydrogen-bond acceptors (Lipinski definition) is 4. The summed E-state index contributed by atoms with van der Waals surface area (Å²) < 4.78 is 5.28. The Hall–Kier alpha value is -0.900. The minimum atomic E-state index is 0.398. The third kappa shape index (κ3) is 3.80. The van der Waals surface area contributed by atoms with E-state index >= 15 is 0 Å². The SMILES string of the molecule is CNC(C)Cc1noc(CCC2CCCC2)n1. The fourth-order valence-corrected chi connectivity index (χ4v) is 2.48. The summed E-state index contributed by atoms with van der Waals surface area (Å²) in [5.74, 6) is 2.53. The van der Waals surface area contributed by atoms with Gasteiger partial charge in [-0.25, -0.2) is 0 Å². The zero-order valence-electron chi connectivity index (χ0n) is 10.9. The Morgan fingerprint density at radius 3 is 2.88 bits per heavy atom. The Kier molecular flexibility index (Phi) is 4.54. The zero-order chi connectivity index (χ0) is 12.1. The summed E-state index contributed by atoms with van der Waals surface area (Å²) in [6.07, 6.45) is 8.58. The van der Waals surface area contributed by atoms with E-state index in [1.807, 2.05) is 7.05 Å². The molecule has 4 heteroatoms. The number of rotatable bonds is 6. The molecule has 1 unspecified atom stereocenters. The number of aryl methyl sites for hydroxylation is 1. The fraction of sp³-hybridized carbons (Fsp3) is 0.846. The lowest BCUT2D eigenvalue weighted by Gasteiger charge is -2.05. The first-order valence-electron chi connectivity index (χ1n) is 6.76. The van der Waals surface area contributed by atoms with Gasteiger partial charge in [0.2, 0.25) is 5.89 Å². The van der Waals surface area contributed by atoms with Crippen LogP contribution in [0.15, 0.2) is 4.52 Å². The molecule has 1 N–H and O–H groups in total. The molecule has 0 bridgehead atoms. The Balaban J connectivity index is 1.77. The van der Waals surface area contributed by atoms with Gasteiger partial charge in [0, 0.05) is 18.9 Å². The van der Waals surface area contributed by atoms with Crippen LogP contribution in [-0.2, 0) is 12.8 Å². The maximum absolute atomic E-state index is 5.28. The Morgan fingerprint density at radius 2 is 2.18 bits per heavy atom. The summed E-state index contributed by atoms with van der Waals surface area (Å²) >= 11 is 0. The predicted octanol–water partition coefficient (Wildman–Crippen LogP) is 2.34. The van der Waals surface area contributed by atoms with E-state index in [2.05, 4.69) is 22.4 Å². The van der Waals surface area contributed by atoms with E-state index in [9.17, 15) is 0 Å². The second-order valence-corrected chi connectivity index (χ2v) is 5.19. The van der Waals surface area contributed by atoms with Crippen molar-refractivity contribution in [3.8, 4) is 0 Å². The predicted molar refractivity (Wildman–Crippen MR) is 66.8 cm³/mol. The average molecular weight is 237 g/mol. The molecule has 1 aromatic heterocycles. The topological polar surface area (TPSA) is 51.0 Å². The van der Waals surface area contributed by atoms with Gasteiger partial charge in [0.05, 0.1) is 0 Å². The van der Waals surface area contributed by atoms with Gasteiger partial charge in [-0.3, -0.25) is 0 Å². The van der Waals surface area contributed by atoms with Crippen LogP contribution < -0.4 is 5.32 Å². The first kappa shape index (κ1) is 12.6. The average Bonchev–Trinajstić information content (AvgIpc) is 2.97. The van der Waals surface area contributed by atoms with Crippen LogP contribution in [0.1, 0.15) is 50.7 Å². The highest BCUT2D eigenvalue weighted by molar-refractivity contribution is 4.89. The number of nitrogens with zero attached hydrogens (tertiary/aromatic N) is 2. The first-order chi connectivity index (χ1) is 8.28. The van der Waals surface area contributed by atoms with E-state index in [4.69, 9.17) is 4.52 Å². The molecule has 0 aromatic carbocycles. The number of aromatic nitrogens is 2. The van der Waals surface area contributed by atoms with Gasteiger partial charge >= 0.3 is 0 Å². The molecule has 1 aromatic rings. The van der Waals surface area contributed by atoms with Crippen LogP contribution in [0.4, 0.5) is 0 Å². The minimum absolute atomic E-state index is 0.398. The molecule has 1 aliphatic carbocycles. The van der Waals surface area contributed by atoms with Crippen LogP contribution in [0.5, 0.6) is 0 Å². The van der Waals surface area contributed by atoms with Gasteiger partial charge in [0.25, 0.3) is 0 Å². The minimum Gasteiger partial charge on any atom is -0.339 e. The molecule has 1 aliphatic rings. The van der Waals surface area contributed by atoms with Crippen molar-refractivity contribution in [3.63, 3.8) is 0 Å². The maximum atomic E-state index is 5.28. The normalized spacial score (nSPS) is 18.7. The van der Waals surface area contributed by atoms with E-state index in [0.29, 0.717) is 6.04 Å². The summed E-state index contributed by atoms with van der Waals surface area (Å²) in [6, 6.07) is 0.398. The van der Waals surface area contributed by atoms with Crippen LogP contribution in [0.2, 0.25) is 0 Å². The Morgan fingerprint density at radius 1 is 1.41 bits per heavy atom. The van der Waals surface area contributed by atoms with Gasteiger partial charge < -0.3 is 9.84 Å². The van der Waals surface area contributed by atoms with Crippen LogP contribution in [0.3, 0.4) is 0 Å². The molecule has 0 amide bonds. The van der Waals surface area contributed by atoms with Crippen molar-refractivity contribution in [1.29, 1.82) is 0 Å². The Bertz CT molecular complexity index is 331. The number of nitrogens with one attached hydrogen (secondary N) is 1. The monoisotopic (exact) mass is 237 g/mol. The van der Waals surface area contributed by atoms with Crippen molar-refractivity contribution in [2.24, 2.45) is 5.92 Å². The van der Waals surface area contributed by atoms with Crippen molar-refractivity contribution in [2.45, 2.75) is 57.9 Å². The highest BCUT2D eigenvalue weighted by atomic mass is 16.5. The number of likely N-dealkylation sites (N-methyl/N-ethyl adjacent to an activating group) is 1. The lowest BCUT2D eigenvalue weighted by atomic mass is 10.0. The zero-order valence-corrected chi connectivity index (χ0v) is 10.9. The van der Waals surface area contributed by atoms with E-state index in [-0.39, 0.29) is 0 Å². The molecule has 0 radical (unpaired) electrons. The molecule has 1 atom stereocenters. The lowest BCUT2D eigenvalue weighted by molar-refractivity contribution is 0.356. The van der Waals surface area contributed by atoms with Crippen LogP contribution in [-0.4, -0.2) is 23.2 Å². The molecule has 0 saturated heterocycles. The molecule has 96 valence electrons. The molecule has 4 nitrogen and oxygen atoms in total.